The predicted octanol–water partition coefficient (Wildman–Crippen LogP) is -0.240. The standard InChI is InChI=1S/C15H18N2O6S/c1-10(14(19)17-6-8-24(22,23)9-7-17)16-13(18)11-2-4-12(5-3-11)15(20)21/h2-5,10H,6-9H2,1H3,(H,16,18)(H,20,21). The molecule has 1 unspecified atom stereocenters. The highest BCUT2D eigenvalue weighted by atomic mass is 32.2. The number of carbonyl (C=O) groups excluding carboxylic acids is 2. The molecule has 1 aliphatic heterocycles. The quantitative estimate of drug-likeness (QED) is 0.770. The average molecular weight is 354 g/mol. The fourth-order valence-corrected chi connectivity index (χ4v) is 3.51. The molecule has 1 saturated heterocycles. The van der Waals surface area contributed by atoms with Crippen LogP contribution in [0.1, 0.15) is 27.6 Å². The van der Waals surface area contributed by atoms with Crippen molar-refractivity contribution >= 4 is 27.6 Å². The maximum Gasteiger partial charge on any atom is 0.335 e. The lowest BCUT2D eigenvalue weighted by molar-refractivity contribution is -0.132. The summed E-state index contributed by atoms with van der Waals surface area (Å²) in [6.45, 7) is 1.76. The molecule has 1 fully saturated rings. The van der Waals surface area contributed by atoms with E-state index in [0.717, 1.165) is 0 Å². The minimum absolute atomic E-state index is 0.0604. The summed E-state index contributed by atoms with van der Waals surface area (Å²) in [6.07, 6.45) is 0. The van der Waals surface area contributed by atoms with Gasteiger partial charge in [0.2, 0.25) is 5.91 Å². The van der Waals surface area contributed by atoms with E-state index in [9.17, 15) is 22.8 Å². The normalized spacial score (nSPS) is 17.8. The Hall–Kier alpha value is -2.42. The van der Waals surface area contributed by atoms with Crippen molar-refractivity contribution in [1.82, 2.24) is 10.2 Å². The van der Waals surface area contributed by atoms with Crippen molar-refractivity contribution in [3.05, 3.63) is 35.4 Å². The third-order valence-corrected chi connectivity index (χ3v) is 5.38. The van der Waals surface area contributed by atoms with Crippen LogP contribution in [0.25, 0.3) is 0 Å². The maximum atomic E-state index is 12.3. The summed E-state index contributed by atoms with van der Waals surface area (Å²) in [6, 6.07) is 4.53. The van der Waals surface area contributed by atoms with Gasteiger partial charge >= 0.3 is 5.97 Å². The van der Waals surface area contributed by atoms with E-state index in [1.54, 1.807) is 0 Å². The van der Waals surface area contributed by atoms with Crippen LogP contribution in [0.15, 0.2) is 24.3 Å². The van der Waals surface area contributed by atoms with E-state index in [4.69, 9.17) is 5.11 Å². The number of benzene rings is 1. The first-order chi connectivity index (χ1) is 11.2. The van der Waals surface area contributed by atoms with Crippen LogP contribution in [0.5, 0.6) is 0 Å². The number of carbonyl (C=O) groups is 3. The molecule has 1 atom stereocenters. The van der Waals surface area contributed by atoms with Gasteiger partial charge < -0.3 is 15.3 Å². The van der Waals surface area contributed by atoms with Crippen molar-refractivity contribution < 1.29 is 27.9 Å². The van der Waals surface area contributed by atoms with E-state index in [1.165, 1.54) is 36.1 Å². The highest BCUT2D eigenvalue weighted by Crippen LogP contribution is 2.08. The van der Waals surface area contributed by atoms with Crippen LogP contribution in [0, 0.1) is 0 Å². The van der Waals surface area contributed by atoms with E-state index < -0.39 is 27.8 Å². The van der Waals surface area contributed by atoms with Crippen molar-refractivity contribution in [3.8, 4) is 0 Å². The van der Waals surface area contributed by atoms with Crippen LogP contribution in [-0.2, 0) is 14.6 Å². The maximum absolute atomic E-state index is 12.3. The molecule has 2 N–H and O–H groups in total. The van der Waals surface area contributed by atoms with Crippen LogP contribution < -0.4 is 5.32 Å². The summed E-state index contributed by atoms with van der Waals surface area (Å²) < 4.78 is 22.8. The van der Waals surface area contributed by atoms with E-state index >= 15 is 0 Å². The van der Waals surface area contributed by atoms with Crippen molar-refractivity contribution in [3.63, 3.8) is 0 Å². The van der Waals surface area contributed by atoms with E-state index in [2.05, 4.69) is 5.32 Å². The van der Waals surface area contributed by atoms with Crippen LogP contribution in [0.2, 0.25) is 0 Å². The van der Waals surface area contributed by atoms with Gasteiger partial charge in [0.25, 0.3) is 5.91 Å². The molecule has 0 saturated carbocycles. The average Bonchev–Trinajstić information content (AvgIpc) is 2.54. The molecule has 0 spiro atoms. The molecule has 0 aliphatic carbocycles. The first kappa shape index (κ1) is 17.9. The number of amides is 2. The van der Waals surface area contributed by atoms with E-state index in [-0.39, 0.29) is 41.6 Å². The third kappa shape index (κ3) is 4.31. The monoisotopic (exact) mass is 354 g/mol. The highest BCUT2D eigenvalue weighted by molar-refractivity contribution is 7.91. The van der Waals surface area contributed by atoms with Crippen LogP contribution >= 0.6 is 0 Å². The van der Waals surface area contributed by atoms with Gasteiger partial charge in [0.05, 0.1) is 17.1 Å². The number of aromatic carboxylic acids is 1. The molecule has 0 aromatic heterocycles. The molecule has 0 radical (unpaired) electrons. The number of hydrogen-bond acceptors (Lipinski definition) is 5. The van der Waals surface area contributed by atoms with Crippen molar-refractivity contribution in [2.24, 2.45) is 0 Å². The number of carboxylic acid groups (broad SMARTS) is 1. The Morgan fingerprint density at radius 2 is 1.58 bits per heavy atom. The van der Waals surface area contributed by atoms with Crippen molar-refractivity contribution in [2.75, 3.05) is 24.6 Å². The van der Waals surface area contributed by atoms with Gasteiger partial charge in [-0.3, -0.25) is 9.59 Å². The predicted molar refractivity (Wildman–Crippen MR) is 85.6 cm³/mol. The lowest BCUT2D eigenvalue weighted by Crippen LogP contribution is -2.51. The fourth-order valence-electron chi connectivity index (χ4n) is 2.31. The second-order valence-corrected chi connectivity index (χ2v) is 7.86. The van der Waals surface area contributed by atoms with Crippen LogP contribution in [0.3, 0.4) is 0 Å². The molecule has 24 heavy (non-hydrogen) atoms. The SMILES string of the molecule is CC(NC(=O)c1ccc(C(=O)O)cc1)C(=O)N1CCS(=O)(=O)CC1. The molecule has 2 rings (SSSR count). The second kappa shape index (κ2) is 7.00. The summed E-state index contributed by atoms with van der Waals surface area (Å²) in [7, 11) is -3.08. The molecule has 1 aliphatic rings. The number of nitrogens with one attached hydrogen (secondary N) is 1. The second-order valence-electron chi connectivity index (χ2n) is 5.55. The zero-order valence-corrected chi connectivity index (χ0v) is 13.9. The molecular weight excluding hydrogens is 336 g/mol. The summed E-state index contributed by atoms with van der Waals surface area (Å²) in [5.74, 6) is -2.09. The summed E-state index contributed by atoms with van der Waals surface area (Å²) in [5, 5.41) is 11.4. The number of hydrogen-bond donors (Lipinski definition) is 2. The number of rotatable bonds is 4. The minimum atomic E-state index is -3.08. The Kier molecular flexibility index (Phi) is 5.23. The molecule has 1 aromatic rings. The third-order valence-electron chi connectivity index (χ3n) is 3.77. The topological polar surface area (TPSA) is 121 Å². The fraction of sp³-hybridized carbons (Fsp3) is 0.400. The van der Waals surface area contributed by atoms with Crippen molar-refractivity contribution in [1.29, 1.82) is 0 Å². The highest BCUT2D eigenvalue weighted by Gasteiger charge is 2.28. The Labute approximate surface area is 139 Å². The van der Waals surface area contributed by atoms with Gasteiger partial charge in [-0.15, -0.1) is 0 Å². The first-order valence-electron chi connectivity index (χ1n) is 7.33. The number of sulfone groups is 1. The molecule has 1 heterocycles. The van der Waals surface area contributed by atoms with Gasteiger partial charge in [-0.25, -0.2) is 13.2 Å². The van der Waals surface area contributed by atoms with Gasteiger partial charge in [0, 0.05) is 18.7 Å². The zero-order valence-electron chi connectivity index (χ0n) is 13.1. The van der Waals surface area contributed by atoms with Gasteiger partial charge in [-0.2, -0.15) is 0 Å². The van der Waals surface area contributed by atoms with Crippen LogP contribution in [-0.4, -0.2) is 66.8 Å². The Bertz CT molecular complexity index is 743. The van der Waals surface area contributed by atoms with Crippen LogP contribution in [0.4, 0.5) is 0 Å². The molecule has 8 nitrogen and oxygen atoms in total. The van der Waals surface area contributed by atoms with Gasteiger partial charge in [0.1, 0.15) is 6.04 Å². The summed E-state index contributed by atoms with van der Waals surface area (Å²) in [4.78, 5) is 36.6. The Morgan fingerprint density at radius 1 is 1.08 bits per heavy atom. The molecule has 2 amide bonds. The molecule has 1 aromatic carbocycles. The number of nitrogens with zero attached hydrogens (tertiary/aromatic N) is 1. The van der Waals surface area contributed by atoms with Crippen molar-refractivity contribution in [2.45, 2.75) is 13.0 Å². The Balaban J connectivity index is 1.95. The first-order valence-corrected chi connectivity index (χ1v) is 9.15. The lowest BCUT2D eigenvalue weighted by atomic mass is 10.1. The smallest absolute Gasteiger partial charge is 0.335 e. The largest absolute Gasteiger partial charge is 0.478 e. The van der Waals surface area contributed by atoms with E-state index in [0.29, 0.717) is 0 Å². The molecule has 130 valence electrons. The van der Waals surface area contributed by atoms with Gasteiger partial charge in [-0.05, 0) is 31.2 Å². The molecular formula is C15H18N2O6S. The number of carboxylic acids is 1. The van der Waals surface area contributed by atoms with Gasteiger partial charge in [0.15, 0.2) is 9.84 Å². The molecule has 9 heteroatoms. The summed E-state index contributed by atoms with van der Waals surface area (Å²) in [5.41, 5.74) is 0.297. The van der Waals surface area contributed by atoms with E-state index in [1.807, 2.05) is 0 Å². The van der Waals surface area contributed by atoms with Gasteiger partial charge in [-0.1, -0.05) is 0 Å². The molecule has 0 bridgehead atoms. The minimum Gasteiger partial charge on any atom is -0.478 e. The zero-order chi connectivity index (χ0) is 17.9. The Morgan fingerprint density at radius 3 is 2.08 bits per heavy atom. The lowest BCUT2D eigenvalue weighted by Gasteiger charge is -2.29. The summed E-state index contributed by atoms with van der Waals surface area (Å²) >= 11 is 0.